The maximum Gasteiger partial charge on any atom is 0.305 e. The van der Waals surface area contributed by atoms with Crippen LogP contribution in [0.4, 0.5) is 0 Å². The lowest BCUT2D eigenvalue weighted by Crippen LogP contribution is -2.45. The van der Waals surface area contributed by atoms with Gasteiger partial charge >= 0.3 is 5.97 Å². The minimum Gasteiger partial charge on any atom is -0.481 e. The predicted octanol–water partition coefficient (Wildman–Crippen LogP) is 1.51. The van der Waals surface area contributed by atoms with Crippen LogP contribution in [0.2, 0.25) is 0 Å². The van der Waals surface area contributed by atoms with Gasteiger partial charge in [0.15, 0.2) is 5.60 Å². The van der Waals surface area contributed by atoms with Crippen molar-refractivity contribution in [1.82, 2.24) is 5.32 Å². The van der Waals surface area contributed by atoms with Crippen LogP contribution >= 0.6 is 0 Å². The van der Waals surface area contributed by atoms with Crippen LogP contribution in [-0.2, 0) is 15.2 Å². The van der Waals surface area contributed by atoms with Crippen LogP contribution in [0.15, 0.2) is 60.7 Å². The molecule has 5 heteroatoms. The van der Waals surface area contributed by atoms with E-state index in [9.17, 15) is 14.7 Å². The van der Waals surface area contributed by atoms with E-state index in [-0.39, 0.29) is 13.0 Å². The first kappa shape index (κ1) is 15.7. The van der Waals surface area contributed by atoms with Crippen molar-refractivity contribution < 1.29 is 19.8 Å². The molecular formula is C17H17NO4. The summed E-state index contributed by atoms with van der Waals surface area (Å²) >= 11 is 0. The van der Waals surface area contributed by atoms with E-state index in [1.807, 2.05) is 0 Å². The molecule has 1 amide bonds. The van der Waals surface area contributed by atoms with Crippen LogP contribution < -0.4 is 5.32 Å². The number of hydrogen-bond donors (Lipinski definition) is 3. The number of carbonyl (C=O) groups is 2. The van der Waals surface area contributed by atoms with Crippen molar-refractivity contribution in [2.45, 2.75) is 12.0 Å². The molecule has 0 heterocycles. The van der Waals surface area contributed by atoms with Gasteiger partial charge in [-0.15, -0.1) is 0 Å². The minimum absolute atomic E-state index is 0.0455. The Bertz CT molecular complexity index is 601. The second-order valence-corrected chi connectivity index (χ2v) is 4.84. The number of aliphatic hydroxyl groups is 1. The third kappa shape index (κ3) is 3.32. The van der Waals surface area contributed by atoms with Crippen molar-refractivity contribution >= 4 is 11.9 Å². The SMILES string of the molecule is O=C(O)CCNC(=O)C(O)(c1ccccc1)c1ccccc1. The average molecular weight is 299 g/mol. The summed E-state index contributed by atoms with van der Waals surface area (Å²) in [7, 11) is 0. The van der Waals surface area contributed by atoms with Crippen molar-refractivity contribution in [1.29, 1.82) is 0 Å². The van der Waals surface area contributed by atoms with E-state index >= 15 is 0 Å². The third-order valence-electron chi connectivity index (χ3n) is 3.34. The van der Waals surface area contributed by atoms with Gasteiger partial charge in [0.05, 0.1) is 6.42 Å². The Kier molecular flexibility index (Phi) is 4.91. The monoisotopic (exact) mass is 299 g/mol. The standard InChI is InChI=1S/C17H17NO4/c19-15(20)11-12-18-16(21)17(22,13-7-3-1-4-8-13)14-9-5-2-6-10-14/h1-10,22H,11-12H2,(H,18,21)(H,19,20). The smallest absolute Gasteiger partial charge is 0.305 e. The molecule has 0 radical (unpaired) electrons. The number of benzene rings is 2. The van der Waals surface area contributed by atoms with Gasteiger partial charge in [0.2, 0.25) is 0 Å². The van der Waals surface area contributed by atoms with Crippen LogP contribution in [0.1, 0.15) is 17.5 Å². The molecule has 0 spiro atoms. The van der Waals surface area contributed by atoms with E-state index < -0.39 is 17.5 Å². The summed E-state index contributed by atoms with van der Waals surface area (Å²) < 4.78 is 0. The van der Waals surface area contributed by atoms with Crippen molar-refractivity contribution in [3.05, 3.63) is 71.8 Å². The number of hydrogen-bond acceptors (Lipinski definition) is 3. The van der Waals surface area contributed by atoms with Gasteiger partial charge in [0.1, 0.15) is 0 Å². The fourth-order valence-electron chi connectivity index (χ4n) is 2.20. The van der Waals surface area contributed by atoms with Crippen molar-refractivity contribution in [3.8, 4) is 0 Å². The summed E-state index contributed by atoms with van der Waals surface area (Å²) in [5, 5.41) is 22.2. The molecule has 114 valence electrons. The summed E-state index contributed by atoms with van der Waals surface area (Å²) in [6.07, 6.45) is -0.203. The lowest BCUT2D eigenvalue weighted by atomic mass is 9.85. The van der Waals surface area contributed by atoms with Crippen LogP contribution in [0, 0.1) is 0 Å². The highest BCUT2D eigenvalue weighted by atomic mass is 16.4. The second kappa shape index (κ2) is 6.87. The van der Waals surface area contributed by atoms with Gasteiger partial charge in [0, 0.05) is 6.54 Å². The fraction of sp³-hybridized carbons (Fsp3) is 0.176. The Morgan fingerprint density at radius 1 is 0.909 bits per heavy atom. The van der Waals surface area contributed by atoms with Gasteiger partial charge in [-0.1, -0.05) is 60.7 Å². The molecule has 5 nitrogen and oxygen atoms in total. The molecule has 2 aromatic rings. The summed E-state index contributed by atoms with van der Waals surface area (Å²) in [6.45, 7) is -0.0455. The zero-order valence-corrected chi connectivity index (χ0v) is 11.9. The predicted molar refractivity (Wildman–Crippen MR) is 81.1 cm³/mol. The lowest BCUT2D eigenvalue weighted by Gasteiger charge is -2.28. The highest BCUT2D eigenvalue weighted by molar-refractivity contribution is 5.90. The maximum atomic E-state index is 12.5. The molecule has 0 atom stereocenters. The van der Waals surface area contributed by atoms with Crippen LogP contribution in [-0.4, -0.2) is 28.6 Å². The van der Waals surface area contributed by atoms with E-state index in [1.165, 1.54) is 0 Å². The minimum atomic E-state index is -1.86. The molecule has 3 N–H and O–H groups in total. The Labute approximate surface area is 128 Å². The van der Waals surface area contributed by atoms with Gasteiger partial charge in [-0.2, -0.15) is 0 Å². The first-order valence-corrected chi connectivity index (χ1v) is 6.88. The number of rotatable bonds is 6. The highest BCUT2D eigenvalue weighted by Gasteiger charge is 2.39. The lowest BCUT2D eigenvalue weighted by molar-refractivity contribution is -0.138. The zero-order chi connectivity index (χ0) is 16.0. The molecule has 0 aliphatic rings. The van der Waals surface area contributed by atoms with Crippen molar-refractivity contribution in [3.63, 3.8) is 0 Å². The van der Waals surface area contributed by atoms with Gasteiger partial charge in [-0.3, -0.25) is 9.59 Å². The molecule has 0 saturated heterocycles. The molecule has 22 heavy (non-hydrogen) atoms. The number of nitrogens with one attached hydrogen (secondary N) is 1. The van der Waals surface area contributed by atoms with Crippen molar-refractivity contribution in [2.75, 3.05) is 6.54 Å². The summed E-state index contributed by atoms with van der Waals surface area (Å²) in [6, 6.07) is 17.1. The van der Waals surface area contributed by atoms with E-state index in [4.69, 9.17) is 5.11 Å². The Balaban J connectivity index is 2.34. The highest BCUT2D eigenvalue weighted by Crippen LogP contribution is 2.29. The summed E-state index contributed by atoms with van der Waals surface area (Å²) in [5.41, 5.74) is -1.01. The van der Waals surface area contributed by atoms with Crippen molar-refractivity contribution in [2.24, 2.45) is 0 Å². The second-order valence-electron chi connectivity index (χ2n) is 4.84. The average Bonchev–Trinajstić information content (AvgIpc) is 2.55. The first-order valence-electron chi connectivity index (χ1n) is 6.88. The van der Waals surface area contributed by atoms with Gasteiger partial charge in [-0.05, 0) is 11.1 Å². The van der Waals surface area contributed by atoms with E-state index in [1.54, 1.807) is 60.7 Å². The number of aliphatic carboxylic acids is 1. The topological polar surface area (TPSA) is 86.6 Å². The first-order chi connectivity index (χ1) is 10.5. The van der Waals surface area contributed by atoms with Crippen LogP contribution in [0.3, 0.4) is 0 Å². The molecule has 0 unspecified atom stereocenters. The summed E-state index contributed by atoms with van der Waals surface area (Å²) in [5.74, 6) is -1.66. The number of carboxylic acid groups (broad SMARTS) is 1. The molecule has 0 aromatic heterocycles. The van der Waals surface area contributed by atoms with Crippen LogP contribution in [0.5, 0.6) is 0 Å². The number of carbonyl (C=O) groups excluding carboxylic acids is 1. The Hall–Kier alpha value is -2.66. The Morgan fingerprint density at radius 2 is 1.36 bits per heavy atom. The molecule has 2 aromatic carbocycles. The fourth-order valence-corrected chi connectivity index (χ4v) is 2.20. The molecule has 0 aliphatic carbocycles. The van der Waals surface area contributed by atoms with E-state index in [0.717, 1.165) is 0 Å². The number of amides is 1. The van der Waals surface area contributed by atoms with E-state index in [2.05, 4.69) is 5.32 Å². The van der Waals surface area contributed by atoms with E-state index in [0.29, 0.717) is 11.1 Å². The van der Waals surface area contributed by atoms with Gasteiger partial charge < -0.3 is 15.5 Å². The molecule has 2 rings (SSSR count). The molecule has 0 bridgehead atoms. The quantitative estimate of drug-likeness (QED) is 0.754. The molecule has 0 fully saturated rings. The maximum absolute atomic E-state index is 12.5. The molecule has 0 saturated carbocycles. The molecule has 0 aliphatic heterocycles. The number of carboxylic acids is 1. The normalized spacial score (nSPS) is 11.0. The Morgan fingerprint density at radius 3 is 1.77 bits per heavy atom. The van der Waals surface area contributed by atoms with Crippen LogP contribution in [0.25, 0.3) is 0 Å². The largest absolute Gasteiger partial charge is 0.481 e. The summed E-state index contributed by atoms with van der Waals surface area (Å²) in [4.78, 5) is 23.0. The van der Waals surface area contributed by atoms with Gasteiger partial charge in [-0.25, -0.2) is 0 Å². The van der Waals surface area contributed by atoms with Gasteiger partial charge in [0.25, 0.3) is 5.91 Å². The molecular weight excluding hydrogens is 282 g/mol. The third-order valence-corrected chi connectivity index (χ3v) is 3.34. The zero-order valence-electron chi connectivity index (χ0n) is 11.9.